The molecule has 0 aromatic rings. The number of aliphatic hydroxyl groups is 7. The summed E-state index contributed by atoms with van der Waals surface area (Å²) < 4.78 is 0. The maximum Gasteiger partial charge on any atom is 0.0863 e. The van der Waals surface area contributed by atoms with Crippen LogP contribution < -0.4 is 0 Å². The molecule has 0 amide bonds. The average Bonchev–Trinajstić information content (AvgIpc) is 2.99. The third-order valence-corrected chi connectivity index (χ3v) is 11.4. The second-order valence-corrected chi connectivity index (χ2v) is 13.2. The van der Waals surface area contributed by atoms with Crippen LogP contribution in [0.2, 0.25) is 0 Å². The van der Waals surface area contributed by atoms with Gasteiger partial charge >= 0.3 is 0 Å². The third-order valence-electron chi connectivity index (χ3n) is 11.4. The minimum atomic E-state index is -1.37. The van der Waals surface area contributed by atoms with Gasteiger partial charge in [0.1, 0.15) is 0 Å². The highest BCUT2D eigenvalue weighted by molar-refractivity contribution is 5.22. The summed E-state index contributed by atoms with van der Waals surface area (Å²) in [5, 5.41) is 76.8. The second-order valence-electron chi connectivity index (χ2n) is 13.2. The van der Waals surface area contributed by atoms with Crippen molar-refractivity contribution in [2.24, 2.45) is 46.3 Å². The van der Waals surface area contributed by atoms with Gasteiger partial charge in [-0.15, -0.1) is 0 Å². The van der Waals surface area contributed by atoms with Crippen LogP contribution in [0.1, 0.15) is 72.6 Å². The van der Waals surface area contributed by atoms with Crippen LogP contribution in [-0.2, 0) is 0 Å². The zero-order chi connectivity index (χ0) is 26.1. The molecule has 7 nitrogen and oxygen atoms in total. The summed E-state index contributed by atoms with van der Waals surface area (Å²) >= 11 is 0. The van der Waals surface area contributed by atoms with Crippen molar-refractivity contribution in [1.29, 1.82) is 0 Å². The standard InChI is InChI=1S/C28H48O7/c1-14(16(3)13-29)6-7-15(2)20-23(33)24(34)25-27(20,5)11-9-19-26(4)10-8-17(30)22(32)21(26)18(31)12-28(19,25)35/h15-25,29-35H,1,6-13H2,2-5H3/t15-,16-,17+,18+,19?,20+,21?,22+,23-,24-,25?,26-,27-,28+/m1/s1. The van der Waals surface area contributed by atoms with Gasteiger partial charge in [-0.3, -0.25) is 0 Å². The van der Waals surface area contributed by atoms with Gasteiger partial charge in [-0.2, -0.15) is 0 Å². The summed E-state index contributed by atoms with van der Waals surface area (Å²) in [4.78, 5) is 0. The monoisotopic (exact) mass is 496 g/mol. The number of aliphatic hydroxyl groups excluding tert-OH is 6. The molecule has 0 aromatic carbocycles. The molecule has 202 valence electrons. The second kappa shape index (κ2) is 9.33. The Hall–Kier alpha value is -0.540. The van der Waals surface area contributed by atoms with Crippen molar-refractivity contribution in [3.05, 3.63) is 12.2 Å². The van der Waals surface area contributed by atoms with E-state index in [-0.39, 0.29) is 36.7 Å². The molecule has 0 radical (unpaired) electrons. The van der Waals surface area contributed by atoms with Crippen LogP contribution in [0.25, 0.3) is 0 Å². The van der Waals surface area contributed by atoms with E-state index < -0.39 is 58.8 Å². The maximum atomic E-state index is 12.3. The topological polar surface area (TPSA) is 142 Å². The fraction of sp³-hybridized carbons (Fsp3) is 0.929. The molecule has 35 heavy (non-hydrogen) atoms. The first-order valence-corrected chi connectivity index (χ1v) is 13.6. The van der Waals surface area contributed by atoms with Gasteiger partial charge in [-0.25, -0.2) is 0 Å². The van der Waals surface area contributed by atoms with E-state index in [1.54, 1.807) is 0 Å². The number of hydrogen-bond acceptors (Lipinski definition) is 7. The predicted molar refractivity (Wildman–Crippen MR) is 132 cm³/mol. The highest BCUT2D eigenvalue weighted by atomic mass is 16.3. The number of hydrogen-bond donors (Lipinski definition) is 7. The van der Waals surface area contributed by atoms with Crippen LogP contribution in [0, 0.1) is 46.3 Å². The summed E-state index contributed by atoms with van der Waals surface area (Å²) in [5.41, 5.74) is -1.48. The van der Waals surface area contributed by atoms with Crippen LogP contribution in [0.3, 0.4) is 0 Å². The van der Waals surface area contributed by atoms with Crippen LogP contribution in [0.5, 0.6) is 0 Å². The zero-order valence-electron chi connectivity index (χ0n) is 21.8. The van der Waals surface area contributed by atoms with Crippen molar-refractivity contribution in [2.75, 3.05) is 6.61 Å². The molecular formula is C28H48O7. The molecule has 4 saturated carbocycles. The largest absolute Gasteiger partial charge is 0.396 e. The summed E-state index contributed by atoms with van der Waals surface area (Å²) in [6.07, 6.45) is -1.05. The summed E-state index contributed by atoms with van der Waals surface area (Å²) in [5.74, 6) is -1.50. The Morgan fingerprint density at radius 2 is 1.54 bits per heavy atom. The average molecular weight is 497 g/mol. The Morgan fingerprint density at radius 1 is 0.914 bits per heavy atom. The van der Waals surface area contributed by atoms with E-state index >= 15 is 0 Å². The van der Waals surface area contributed by atoms with E-state index in [1.807, 2.05) is 13.8 Å². The van der Waals surface area contributed by atoms with Crippen molar-refractivity contribution in [2.45, 2.75) is 109 Å². The first-order valence-electron chi connectivity index (χ1n) is 13.6. The first kappa shape index (κ1) is 27.5. The molecule has 0 spiro atoms. The van der Waals surface area contributed by atoms with Gasteiger partial charge in [0.2, 0.25) is 0 Å². The Morgan fingerprint density at radius 3 is 2.17 bits per heavy atom. The van der Waals surface area contributed by atoms with Crippen LogP contribution >= 0.6 is 0 Å². The van der Waals surface area contributed by atoms with E-state index in [4.69, 9.17) is 0 Å². The smallest absolute Gasteiger partial charge is 0.0863 e. The molecule has 14 atom stereocenters. The Balaban J connectivity index is 1.63. The molecule has 4 aliphatic carbocycles. The maximum absolute atomic E-state index is 12.3. The van der Waals surface area contributed by atoms with Crippen molar-refractivity contribution >= 4 is 0 Å². The van der Waals surface area contributed by atoms with Gasteiger partial charge in [0.15, 0.2) is 0 Å². The normalized spacial score (nSPS) is 53.3. The molecule has 4 aliphatic rings. The number of rotatable bonds is 6. The molecule has 0 aromatic heterocycles. The SMILES string of the molecule is C=C(CC[C@@H](C)[C@H]1[C@@H](O)[C@@H](O)C2[C@]3(O)C[C@H](O)C4[C@@H](O)[C@@H](O)CC[C@]4(C)C3CC[C@@]21C)[C@H](C)CO. The first-order chi connectivity index (χ1) is 16.2. The van der Waals surface area contributed by atoms with Gasteiger partial charge in [-0.05, 0) is 73.0 Å². The molecule has 0 bridgehead atoms. The van der Waals surface area contributed by atoms with E-state index in [1.165, 1.54) is 0 Å². The van der Waals surface area contributed by atoms with Crippen molar-refractivity contribution < 1.29 is 35.7 Å². The van der Waals surface area contributed by atoms with Crippen LogP contribution in [-0.4, -0.2) is 78.5 Å². The van der Waals surface area contributed by atoms with Crippen molar-refractivity contribution in [1.82, 2.24) is 0 Å². The van der Waals surface area contributed by atoms with E-state index in [9.17, 15) is 35.7 Å². The highest BCUT2D eigenvalue weighted by Crippen LogP contribution is 2.69. The molecule has 4 fully saturated rings. The lowest BCUT2D eigenvalue weighted by atomic mass is 9.41. The molecule has 3 unspecified atom stereocenters. The molecule has 0 saturated heterocycles. The molecule has 4 rings (SSSR count). The highest BCUT2D eigenvalue weighted by Gasteiger charge is 2.73. The molecule has 0 aliphatic heterocycles. The zero-order valence-corrected chi connectivity index (χ0v) is 21.8. The predicted octanol–water partition coefficient (Wildman–Crippen LogP) is 1.61. The van der Waals surface area contributed by atoms with Crippen molar-refractivity contribution in [3.8, 4) is 0 Å². The van der Waals surface area contributed by atoms with E-state index in [0.29, 0.717) is 19.3 Å². The molecule has 7 heteroatoms. The fourth-order valence-corrected chi connectivity index (χ4v) is 9.59. The Labute approximate surface area is 209 Å². The van der Waals surface area contributed by atoms with Gasteiger partial charge in [0, 0.05) is 24.9 Å². The Bertz CT molecular complexity index is 804. The van der Waals surface area contributed by atoms with Gasteiger partial charge in [-0.1, -0.05) is 39.8 Å². The minimum Gasteiger partial charge on any atom is -0.396 e. The van der Waals surface area contributed by atoms with Crippen LogP contribution in [0.4, 0.5) is 0 Å². The lowest BCUT2D eigenvalue weighted by Gasteiger charge is -2.66. The third kappa shape index (κ3) is 3.96. The van der Waals surface area contributed by atoms with E-state index in [0.717, 1.165) is 24.8 Å². The molecule has 0 heterocycles. The lowest BCUT2D eigenvalue weighted by molar-refractivity contribution is -0.280. The summed E-state index contributed by atoms with van der Waals surface area (Å²) in [6.45, 7) is 12.3. The molecule has 7 N–H and O–H groups in total. The minimum absolute atomic E-state index is 0.0163. The van der Waals surface area contributed by atoms with Crippen molar-refractivity contribution in [3.63, 3.8) is 0 Å². The van der Waals surface area contributed by atoms with Crippen LogP contribution in [0.15, 0.2) is 12.2 Å². The lowest BCUT2D eigenvalue weighted by Crippen LogP contribution is -2.71. The molecular weight excluding hydrogens is 448 g/mol. The van der Waals surface area contributed by atoms with Gasteiger partial charge in [0.05, 0.1) is 36.1 Å². The van der Waals surface area contributed by atoms with Gasteiger partial charge < -0.3 is 35.7 Å². The Kier molecular flexibility index (Phi) is 7.33. The number of fused-ring (bicyclic) bond motifs is 5. The van der Waals surface area contributed by atoms with Gasteiger partial charge in [0.25, 0.3) is 0 Å². The van der Waals surface area contributed by atoms with E-state index in [2.05, 4.69) is 20.4 Å². The quantitative estimate of drug-likeness (QED) is 0.277. The summed E-state index contributed by atoms with van der Waals surface area (Å²) in [7, 11) is 0. The summed E-state index contributed by atoms with van der Waals surface area (Å²) in [6, 6.07) is 0. The fourth-order valence-electron chi connectivity index (χ4n) is 9.59.